The molecule has 1 aliphatic heterocycles. The average molecular weight is 270 g/mol. The fraction of sp³-hybridized carbons (Fsp3) is 0.846. The van der Waals surface area contributed by atoms with Crippen molar-refractivity contribution >= 4 is 12.0 Å². The van der Waals surface area contributed by atoms with Crippen LogP contribution in [0.1, 0.15) is 38.5 Å². The molecule has 1 aliphatic carbocycles. The van der Waals surface area contributed by atoms with Gasteiger partial charge in [0.15, 0.2) is 0 Å². The molecular weight excluding hydrogens is 248 g/mol. The van der Waals surface area contributed by atoms with Crippen molar-refractivity contribution in [2.45, 2.75) is 50.6 Å². The van der Waals surface area contributed by atoms with Gasteiger partial charge < -0.3 is 20.4 Å². The number of rotatable bonds is 4. The summed E-state index contributed by atoms with van der Waals surface area (Å²) in [6.45, 7) is 0.468. The molecule has 2 aliphatic rings. The summed E-state index contributed by atoms with van der Waals surface area (Å²) in [5, 5.41) is 20.3. The first-order chi connectivity index (χ1) is 9.13. The number of hydrogen-bond donors (Lipinski definition) is 3. The minimum atomic E-state index is -1.10. The molecule has 0 aromatic rings. The van der Waals surface area contributed by atoms with E-state index in [1.165, 1.54) is 12.8 Å². The first-order valence-corrected chi connectivity index (χ1v) is 7.04. The number of carboxylic acids is 1. The van der Waals surface area contributed by atoms with Crippen LogP contribution in [0.5, 0.6) is 0 Å². The molecule has 0 aromatic carbocycles. The van der Waals surface area contributed by atoms with Gasteiger partial charge in [-0.25, -0.2) is 9.59 Å². The number of nitrogens with zero attached hydrogens (tertiary/aromatic N) is 1. The van der Waals surface area contributed by atoms with Crippen molar-refractivity contribution in [1.29, 1.82) is 0 Å². The molecule has 1 saturated carbocycles. The number of carbonyl (C=O) groups is 2. The molecule has 19 heavy (non-hydrogen) atoms. The average Bonchev–Trinajstić information content (AvgIpc) is 2.81. The molecule has 0 spiro atoms. The Hall–Kier alpha value is -1.30. The Bertz CT molecular complexity index is 348. The molecule has 1 heterocycles. The van der Waals surface area contributed by atoms with Crippen LogP contribution < -0.4 is 5.32 Å². The third-order valence-corrected chi connectivity index (χ3v) is 4.28. The van der Waals surface area contributed by atoms with Gasteiger partial charge >= 0.3 is 12.0 Å². The molecule has 6 nitrogen and oxygen atoms in total. The third-order valence-electron chi connectivity index (χ3n) is 4.28. The lowest BCUT2D eigenvalue weighted by molar-refractivity contribution is -0.139. The predicted molar refractivity (Wildman–Crippen MR) is 68.7 cm³/mol. The molecule has 0 aromatic heterocycles. The fourth-order valence-electron chi connectivity index (χ4n) is 3.28. The Kier molecular flexibility index (Phi) is 4.63. The number of nitrogens with one attached hydrogen (secondary N) is 1. The molecule has 2 rings (SSSR count). The lowest BCUT2D eigenvalue weighted by Crippen LogP contribution is -2.50. The number of aliphatic carboxylic acids is 1. The molecule has 0 radical (unpaired) electrons. The zero-order chi connectivity index (χ0) is 13.8. The molecule has 1 saturated heterocycles. The summed E-state index contributed by atoms with van der Waals surface area (Å²) >= 11 is 0. The topological polar surface area (TPSA) is 89.9 Å². The van der Waals surface area contributed by atoms with Gasteiger partial charge in [0.25, 0.3) is 0 Å². The summed E-state index contributed by atoms with van der Waals surface area (Å²) < 4.78 is 0. The van der Waals surface area contributed by atoms with E-state index in [2.05, 4.69) is 5.32 Å². The Morgan fingerprint density at radius 2 is 2.00 bits per heavy atom. The number of carboxylic acid groups (broad SMARTS) is 1. The highest BCUT2D eigenvalue weighted by molar-refractivity contribution is 5.82. The molecule has 108 valence electrons. The minimum Gasteiger partial charge on any atom is -0.480 e. The van der Waals surface area contributed by atoms with Crippen LogP contribution in [-0.2, 0) is 4.79 Å². The summed E-state index contributed by atoms with van der Waals surface area (Å²) in [6.07, 6.45) is 5.64. The van der Waals surface area contributed by atoms with E-state index in [4.69, 9.17) is 10.2 Å². The highest BCUT2D eigenvalue weighted by atomic mass is 16.4. The summed E-state index contributed by atoms with van der Waals surface area (Å²) in [7, 11) is 0. The lowest BCUT2D eigenvalue weighted by Gasteiger charge is -2.32. The third kappa shape index (κ3) is 3.18. The zero-order valence-electron chi connectivity index (χ0n) is 11.0. The highest BCUT2D eigenvalue weighted by Gasteiger charge is 2.38. The van der Waals surface area contributed by atoms with Crippen LogP contribution in [0.4, 0.5) is 4.79 Å². The van der Waals surface area contributed by atoms with Gasteiger partial charge in [-0.1, -0.05) is 12.8 Å². The van der Waals surface area contributed by atoms with Crippen molar-refractivity contribution in [3.63, 3.8) is 0 Å². The van der Waals surface area contributed by atoms with Gasteiger partial charge in [0.1, 0.15) is 6.04 Å². The van der Waals surface area contributed by atoms with E-state index < -0.39 is 12.0 Å². The fourth-order valence-corrected chi connectivity index (χ4v) is 3.28. The quantitative estimate of drug-likeness (QED) is 0.704. The van der Waals surface area contributed by atoms with Gasteiger partial charge in [-0.05, 0) is 25.2 Å². The number of aliphatic hydroxyl groups is 1. The molecule has 3 unspecified atom stereocenters. The molecule has 3 N–H and O–H groups in total. The Balaban J connectivity index is 1.93. The van der Waals surface area contributed by atoms with E-state index in [0.29, 0.717) is 12.5 Å². The number of likely N-dealkylation sites (tertiary alicyclic amines) is 1. The van der Waals surface area contributed by atoms with Crippen molar-refractivity contribution in [3.8, 4) is 0 Å². The Morgan fingerprint density at radius 3 is 2.68 bits per heavy atom. The van der Waals surface area contributed by atoms with E-state index in [9.17, 15) is 9.59 Å². The zero-order valence-corrected chi connectivity index (χ0v) is 11.0. The number of carbonyl (C=O) groups excluding carboxylic acids is 1. The molecule has 3 atom stereocenters. The van der Waals surface area contributed by atoms with Gasteiger partial charge in [0, 0.05) is 25.6 Å². The van der Waals surface area contributed by atoms with E-state index in [1.807, 2.05) is 0 Å². The minimum absolute atomic E-state index is 0.0447. The number of hydrogen-bond acceptors (Lipinski definition) is 3. The van der Waals surface area contributed by atoms with Crippen LogP contribution >= 0.6 is 0 Å². The summed E-state index contributed by atoms with van der Waals surface area (Å²) in [6, 6.07) is -1.02. The van der Waals surface area contributed by atoms with Gasteiger partial charge in [0.05, 0.1) is 0 Å². The van der Waals surface area contributed by atoms with Crippen LogP contribution in [0.2, 0.25) is 0 Å². The van der Waals surface area contributed by atoms with Crippen LogP contribution in [0.3, 0.4) is 0 Å². The molecule has 2 amide bonds. The first kappa shape index (κ1) is 14.1. The second-order valence-corrected chi connectivity index (χ2v) is 5.45. The van der Waals surface area contributed by atoms with E-state index >= 15 is 0 Å². The van der Waals surface area contributed by atoms with Gasteiger partial charge in [-0.2, -0.15) is 0 Å². The number of aliphatic hydroxyl groups excluding tert-OH is 1. The van der Waals surface area contributed by atoms with Crippen LogP contribution in [0.25, 0.3) is 0 Å². The summed E-state index contributed by atoms with van der Waals surface area (Å²) in [5.41, 5.74) is 0. The van der Waals surface area contributed by atoms with E-state index in [0.717, 1.165) is 19.3 Å². The normalized spacial score (nSPS) is 27.7. The summed E-state index contributed by atoms with van der Waals surface area (Å²) in [5.74, 6) is -0.512. The van der Waals surface area contributed by atoms with Crippen LogP contribution in [0.15, 0.2) is 0 Å². The number of fused-ring (bicyclic) bond motifs is 1. The van der Waals surface area contributed by atoms with E-state index in [-0.39, 0.29) is 25.1 Å². The lowest BCUT2D eigenvalue weighted by atomic mass is 9.85. The Labute approximate surface area is 112 Å². The monoisotopic (exact) mass is 270 g/mol. The van der Waals surface area contributed by atoms with Crippen molar-refractivity contribution < 1.29 is 19.8 Å². The maximum Gasteiger partial charge on any atom is 0.326 e. The highest BCUT2D eigenvalue weighted by Crippen LogP contribution is 2.36. The van der Waals surface area contributed by atoms with Gasteiger partial charge in [-0.3, -0.25) is 0 Å². The molecular formula is C13H22N2O4. The number of amides is 2. The van der Waals surface area contributed by atoms with Crippen LogP contribution in [0, 0.1) is 5.92 Å². The van der Waals surface area contributed by atoms with Crippen molar-refractivity contribution in [1.82, 2.24) is 10.2 Å². The smallest absolute Gasteiger partial charge is 0.326 e. The van der Waals surface area contributed by atoms with Crippen molar-refractivity contribution in [2.75, 3.05) is 13.2 Å². The second-order valence-electron chi connectivity index (χ2n) is 5.45. The second kappa shape index (κ2) is 6.23. The van der Waals surface area contributed by atoms with E-state index in [1.54, 1.807) is 4.90 Å². The SMILES string of the molecule is O=C(O)C(CCO)NC(=O)N1CCC2CCCCC21. The maximum absolute atomic E-state index is 12.2. The number of urea groups is 1. The largest absolute Gasteiger partial charge is 0.480 e. The molecule has 2 fully saturated rings. The first-order valence-electron chi connectivity index (χ1n) is 7.04. The summed E-state index contributed by atoms with van der Waals surface area (Å²) in [4.78, 5) is 24.9. The standard InChI is InChI=1S/C13H22N2O4/c16-8-6-10(12(17)18)14-13(19)15-7-5-9-3-1-2-4-11(9)15/h9-11,16H,1-8H2,(H,14,19)(H,17,18). The molecule has 6 heteroatoms. The predicted octanol–water partition coefficient (Wildman–Crippen LogP) is 0.796. The van der Waals surface area contributed by atoms with Gasteiger partial charge in [0.2, 0.25) is 0 Å². The Morgan fingerprint density at radius 1 is 1.26 bits per heavy atom. The van der Waals surface area contributed by atoms with Gasteiger partial charge in [-0.15, -0.1) is 0 Å². The maximum atomic E-state index is 12.2. The van der Waals surface area contributed by atoms with Crippen LogP contribution in [-0.4, -0.2) is 52.3 Å². The van der Waals surface area contributed by atoms with Crippen molar-refractivity contribution in [2.24, 2.45) is 5.92 Å². The van der Waals surface area contributed by atoms with Crippen molar-refractivity contribution in [3.05, 3.63) is 0 Å². The molecule has 0 bridgehead atoms.